The maximum absolute atomic E-state index is 5.86. The van der Waals surface area contributed by atoms with Gasteiger partial charge in [0.05, 0.1) is 13.3 Å². The highest BCUT2D eigenvalue weighted by Gasteiger charge is 2.12. The summed E-state index contributed by atoms with van der Waals surface area (Å²) >= 11 is 0. The molecule has 0 amide bonds. The second kappa shape index (κ2) is 6.75. The van der Waals surface area contributed by atoms with Crippen LogP contribution in [0.4, 0.5) is 5.82 Å². The molecule has 2 N–H and O–H groups in total. The van der Waals surface area contributed by atoms with Crippen LogP contribution in [0.15, 0.2) is 41.9 Å². The Hall–Kier alpha value is -3.13. The third-order valence-electron chi connectivity index (χ3n) is 3.07. The molecule has 0 bridgehead atoms. The molecule has 0 unspecified atom stereocenters. The molecule has 0 fully saturated rings. The van der Waals surface area contributed by atoms with Crippen molar-refractivity contribution in [1.29, 1.82) is 0 Å². The van der Waals surface area contributed by atoms with Gasteiger partial charge in [0.25, 0.3) is 0 Å². The molecule has 1 aromatic carbocycles. The smallest absolute Gasteiger partial charge is 0.233 e. The van der Waals surface area contributed by atoms with Gasteiger partial charge in [0, 0.05) is 17.1 Å². The number of nitrogens with zero attached hydrogens (tertiary/aromatic N) is 3. The number of rotatable bonds is 6. The van der Waals surface area contributed by atoms with E-state index in [2.05, 4.69) is 25.6 Å². The number of hydrogen-bond donors (Lipinski definition) is 2. The molecule has 0 radical (unpaired) electrons. The van der Waals surface area contributed by atoms with Crippen molar-refractivity contribution in [1.82, 2.24) is 15.0 Å². The minimum Gasteiger partial charge on any atom is -0.438 e. The lowest BCUT2D eigenvalue weighted by atomic mass is 10.2. The van der Waals surface area contributed by atoms with E-state index in [1.54, 1.807) is 0 Å². The molecule has 8 heteroatoms. The molecule has 0 aliphatic heterocycles. The third kappa shape index (κ3) is 3.22. The van der Waals surface area contributed by atoms with Crippen LogP contribution in [-0.4, -0.2) is 35.4 Å². The molecular weight excluding hydrogens is 298 g/mol. The maximum Gasteiger partial charge on any atom is 0.233 e. The van der Waals surface area contributed by atoms with Gasteiger partial charge >= 0.3 is 0 Å². The Labute approximate surface area is 132 Å². The van der Waals surface area contributed by atoms with Crippen molar-refractivity contribution >= 4 is 22.9 Å². The number of benzene rings is 1. The SMILES string of the molecule is CO/N=C/c1c(NOC)ncnc1Oc1ccc2[nH]ccc2c1. The molecule has 118 valence electrons. The van der Waals surface area contributed by atoms with Crippen LogP contribution in [0.2, 0.25) is 0 Å². The summed E-state index contributed by atoms with van der Waals surface area (Å²) in [4.78, 5) is 21.0. The quantitative estimate of drug-likeness (QED) is 0.537. The van der Waals surface area contributed by atoms with Crippen molar-refractivity contribution in [3.8, 4) is 11.6 Å². The second-order valence-corrected chi connectivity index (χ2v) is 4.49. The first-order chi connectivity index (χ1) is 11.3. The van der Waals surface area contributed by atoms with Gasteiger partial charge < -0.3 is 14.6 Å². The van der Waals surface area contributed by atoms with Crippen LogP contribution in [0.25, 0.3) is 10.9 Å². The van der Waals surface area contributed by atoms with E-state index in [4.69, 9.17) is 14.4 Å². The Bertz CT molecular complexity index is 831. The summed E-state index contributed by atoms with van der Waals surface area (Å²) in [7, 11) is 2.93. The van der Waals surface area contributed by atoms with E-state index in [-0.39, 0.29) is 0 Å². The zero-order valence-corrected chi connectivity index (χ0v) is 12.6. The van der Waals surface area contributed by atoms with Crippen LogP contribution in [-0.2, 0) is 9.68 Å². The fourth-order valence-electron chi connectivity index (χ4n) is 2.07. The second-order valence-electron chi connectivity index (χ2n) is 4.49. The van der Waals surface area contributed by atoms with Crippen LogP contribution in [0.1, 0.15) is 5.56 Å². The number of oxime groups is 1. The number of anilines is 1. The third-order valence-corrected chi connectivity index (χ3v) is 3.07. The predicted molar refractivity (Wildman–Crippen MR) is 85.6 cm³/mol. The summed E-state index contributed by atoms with van der Waals surface area (Å²) in [6.07, 6.45) is 4.69. The maximum atomic E-state index is 5.86. The molecule has 2 heterocycles. The van der Waals surface area contributed by atoms with Gasteiger partial charge in [-0.25, -0.2) is 15.4 Å². The summed E-state index contributed by atoms with van der Waals surface area (Å²) in [6, 6.07) is 7.66. The minimum absolute atomic E-state index is 0.329. The largest absolute Gasteiger partial charge is 0.438 e. The van der Waals surface area contributed by atoms with Crippen molar-refractivity contribution in [3.63, 3.8) is 0 Å². The molecule has 3 aromatic rings. The molecule has 0 saturated carbocycles. The fourth-order valence-corrected chi connectivity index (χ4v) is 2.07. The zero-order chi connectivity index (χ0) is 16.1. The average molecular weight is 313 g/mol. The van der Waals surface area contributed by atoms with Crippen molar-refractivity contribution < 1.29 is 14.4 Å². The Kier molecular flexibility index (Phi) is 4.34. The molecule has 0 atom stereocenters. The van der Waals surface area contributed by atoms with Crippen LogP contribution in [0, 0.1) is 0 Å². The highest BCUT2D eigenvalue weighted by Crippen LogP contribution is 2.28. The van der Waals surface area contributed by atoms with Gasteiger partial charge in [-0.05, 0) is 24.3 Å². The summed E-state index contributed by atoms with van der Waals surface area (Å²) in [5.41, 5.74) is 4.19. The van der Waals surface area contributed by atoms with Crippen molar-refractivity contribution in [3.05, 3.63) is 42.4 Å². The van der Waals surface area contributed by atoms with Gasteiger partial charge in [-0.1, -0.05) is 5.16 Å². The molecule has 0 saturated heterocycles. The highest BCUT2D eigenvalue weighted by atomic mass is 16.6. The molecule has 0 aliphatic carbocycles. The van der Waals surface area contributed by atoms with Crippen LogP contribution in [0.5, 0.6) is 11.6 Å². The lowest BCUT2D eigenvalue weighted by Crippen LogP contribution is -2.05. The Morgan fingerprint density at radius 3 is 2.96 bits per heavy atom. The van der Waals surface area contributed by atoms with Crippen LogP contribution >= 0.6 is 0 Å². The van der Waals surface area contributed by atoms with Gasteiger partial charge in [0.1, 0.15) is 24.8 Å². The Balaban J connectivity index is 1.97. The monoisotopic (exact) mass is 313 g/mol. The molecular formula is C15H15N5O3. The van der Waals surface area contributed by atoms with Gasteiger partial charge in [-0.15, -0.1) is 0 Å². The Morgan fingerprint density at radius 2 is 2.13 bits per heavy atom. The summed E-state index contributed by atoms with van der Waals surface area (Å²) < 4.78 is 5.86. The first-order valence-electron chi connectivity index (χ1n) is 6.77. The molecule has 23 heavy (non-hydrogen) atoms. The number of aromatic amines is 1. The lowest BCUT2D eigenvalue weighted by molar-refractivity contribution is 0.215. The van der Waals surface area contributed by atoms with E-state index in [9.17, 15) is 0 Å². The average Bonchev–Trinajstić information content (AvgIpc) is 3.02. The summed E-state index contributed by atoms with van der Waals surface area (Å²) in [6.45, 7) is 0. The number of nitrogens with one attached hydrogen (secondary N) is 2. The fraction of sp³-hybridized carbons (Fsp3) is 0.133. The van der Waals surface area contributed by atoms with E-state index in [1.807, 2.05) is 30.5 Å². The minimum atomic E-state index is 0.329. The standard InChI is InChI=1S/C15H15N5O3/c1-21-19-8-12-14(20-22-2)17-9-18-15(12)23-11-3-4-13-10(7-11)5-6-16-13/h3-9,16H,1-2H3,(H,17,18,20)/b19-8+. The number of ether oxygens (including phenoxy) is 1. The van der Waals surface area contributed by atoms with E-state index in [0.717, 1.165) is 10.9 Å². The molecule has 8 nitrogen and oxygen atoms in total. The first-order valence-corrected chi connectivity index (χ1v) is 6.77. The molecule has 3 rings (SSSR count). The van der Waals surface area contributed by atoms with E-state index in [0.29, 0.717) is 23.0 Å². The van der Waals surface area contributed by atoms with Crippen molar-refractivity contribution in [2.75, 3.05) is 19.7 Å². The number of hydrogen-bond acceptors (Lipinski definition) is 7. The van der Waals surface area contributed by atoms with Gasteiger partial charge in [-0.3, -0.25) is 4.84 Å². The van der Waals surface area contributed by atoms with Crippen molar-refractivity contribution in [2.24, 2.45) is 5.16 Å². The first kappa shape index (κ1) is 14.8. The molecule has 2 aromatic heterocycles. The van der Waals surface area contributed by atoms with Crippen LogP contribution < -0.4 is 10.2 Å². The van der Waals surface area contributed by atoms with E-state index >= 15 is 0 Å². The van der Waals surface area contributed by atoms with Crippen molar-refractivity contribution in [2.45, 2.75) is 0 Å². The van der Waals surface area contributed by atoms with E-state index in [1.165, 1.54) is 26.8 Å². The van der Waals surface area contributed by atoms with Gasteiger partial charge in [-0.2, -0.15) is 0 Å². The topological polar surface area (TPSA) is 93.7 Å². The highest BCUT2D eigenvalue weighted by molar-refractivity contribution is 5.88. The van der Waals surface area contributed by atoms with Gasteiger partial charge in [0.15, 0.2) is 5.82 Å². The lowest BCUT2D eigenvalue weighted by Gasteiger charge is -2.11. The van der Waals surface area contributed by atoms with E-state index < -0.39 is 0 Å². The summed E-state index contributed by atoms with van der Waals surface area (Å²) in [5.74, 6) is 1.39. The number of fused-ring (bicyclic) bond motifs is 1. The number of H-pyrrole nitrogens is 1. The molecule has 0 spiro atoms. The zero-order valence-electron chi connectivity index (χ0n) is 12.6. The molecule has 0 aliphatic rings. The van der Waals surface area contributed by atoms with Gasteiger partial charge in [0.2, 0.25) is 5.88 Å². The number of aromatic nitrogens is 3. The summed E-state index contributed by atoms with van der Waals surface area (Å²) in [5, 5.41) is 4.78. The predicted octanol–water partition coefficient (Wildman–Crippen LogP) is 2.70. The van der Waals surface area contributed by atoms with Crippen LogP contribution in [0.3, 0.4) is 0 Å². The Morgan fingerprint density at radius 1 is 1.22 bits per heavy atom. The normalized spacial score (nSPS) is 11.0.